The zero-order chi connectivity index (χ0) is 19.8. The lowest BCUT2D eigenvalue weighted by atomic mass is 10.2. The van der Waals surface area contributed by atoms with E-state index in [1.54, 1.807) is 10.7 Å². The molecule has 0 bridgehead atoms. The van der Waals surface area contributed by atoms with Crippen LogP contribution < -0.4 is 10.2 Å². The van der Waals surface area contributed by atoms with Crippen LogP contribution in [0.15, 0.2) is 29.5 Å². The van der Waals surface area contributed by atoms with Gasteiger partial charge in [0.25, 0.3) is 0 Å². The SMILES string of the molecule is CCNC(=NCc1ccc(N(CC)CC)c(F)c1)N(C)Cc1ncnn1C. The van der Waals surface area contributed by atoms with Gasteiger partial charge in [-0.3, -0.25) is 4.68 Å². The molecule has 0 fully saturated rings. The summed E-state index contributed by atoms with van der Waals surface area (Å²) >= 11 is 0. The van der Waals surface area contributed by atoms with Crippen molar-refractivity contribution < 1.29 is 4.39 Å². The highest BCUT2D eigenvalue weighted by Gasteiger charge is 2.11. The molecule has 1 heterocycles. The van der Waals surface area contributed by atoms with Gasteiger partial charge in [-0.1, -0.05) is 6.07 Å². The number of hydrogen-bond donors (Lipinski definition) is 1. The van der Waals surface area contributed by atoms with E-state index in [1.165, 1.54) is 6.33 Å². The van der Waals surface area contributed by atoms with Gasteiger partial charge in [-0.05, 0) is 38.5 Å². The van der Waals surface area contributed by atoms with Gasteiger partial charge in [0, 0.05) is 33.7 Å². The van der Waals surface area contributed by atoms with Crippen molar-refractivity contribution in [2.45, 2.75) is 33.9 Å². The van der Waals surface area contributed by atoms with Gasteiger partial charge in [0.15, 0.2) is 5.96 Å². The fourth-order valence-electron chi connectivity index (χ4n) is 2.86. The van der Waals surface area contributed by atoms with Crippen molar-refractivity contribution in [2.24, 2.45) is 12.0 Å². The number of aromatic nitrogens is 3. The van der Waals surface area contributed by atoms with E-state index in [-0.39, 0.29) is 5.82 Å². The summed E-state index contributed by atoms with van der Waals surface area (Å²) in [6.45, 7) is 9.36. The van der Waals surface area contributed by atoms with Gasteiger partial charge >= 0.3 is 0 Å². The highest BCUT2D eigenvalue weighted by atomic mass is 19.1. The summed E-state index contributed by atoms with van der Waals surface area (Å²) < 4.78 is 16.2. The number of guanidine groups is 1. The number of hydrogen-bond acceptors (Lipinski definition) is 4. The summed E-state index contributed by atoms with van der Waals surface area (Å²) in [4.78, 5) is 12.9. The van der Waals surface area contributed by atoms with E-state index in [0.717, 1.165) is 37.0 Å². The number of aryl methyl sites for hydroxylation is 1. The molecule has 8 heteroatoms. The van der Waals surface area contributed by atoms with Crippen LogP contribution >= 0.6 is 0 Å². The van der Waals surface area contributed by atoms with E-state index in [1.807, 2.05) is 56.8 Å². The minimum atomic E-state index is -0.205. The zero-order valence-electron chi connectivity index (χ0n) is 16.9. The first-order chi connectivity index (χ1) is 13.0. The van der Waals surface area contributed by atoms with Gasteiger partial charge < -0.3 is 15.1 Å². The second-order valence-electron chi connectivity index (χ2n) is 6.28. The molecule has 0 aliphatic carbocycles. The molecule has 1 aromatic carbocycles. The number of benzene rings is 1. The lowest BCUT2D eigenvalue weighted by Crippen LogP contribution is -2.39. The molecule has 0 amide bonds. The quantitative estimate of drug-likeness (QED) is 0.567. The van der Waals surface area contributed by atoms with Gasteiger partial charge in [-0.15, -0.1) is 0 Å². The Bertz CT molecular complexity index is 752. The molecule has 27 heavy (non-hydrogen) atoms. The first-order valence-corrected chi connectivity index (χ1v) is 9.35. The highest BCUT2D eigenvalue weighted by Crippen LogP contribution is 2.20. The maximum absolute atomic E-state index is 14.5. The molecule has 1 aromatic heterocycles. The van der Waals surface area contributed by atoms with Crippen LogP contribution in [0.4, 0.5) is 10.1 Å². The molecule has 2 aromatic rings. The van der Waals surface area contributed by atoms with E-state index < -0.39 is 0 Å². The lowest BCUT2D eigenvalue weighted by Gasteiger charge is -2.22. The van der Waals surface area contributed by atoms with Crippen molar-refractivity contribution in [1.29, 1.82) is 0 Å². The minimum Gasteiger partial charge on any atom is -0.370 e. The predicted octanol–water partition coefficient (Wildman–Crippen LogP) is 2.40. The fourth-order valence-corrected chi connectivity index (χ4v) is 2.86. The molecule has 0 saturated carbocycles. The minimum absolute atomic E-state index is 0.205. The van der Waals surface area contributed by atoms with Crippen LogP contribution in [0.25, 0.3) is 0 Å². The summed E-state index contributed by atoms with van der Waals surface area (Å²) in [5.74, 6) is 1.38. The van der Waals surface area contributed by atoms with E-state index in [4.69, 9.17) is 0 Å². The Morgan fingerprint density at radius 2 is 2.00 bits per heavy atom. The average Bonchev–Trinajstić information content (AvgIpc) is 3.05. The largest absolute Gasteiger partial charge is 0.370 e. The molecule has 1 N–H and O–H groups in total. The summed E-state index contributed by atoms with van der Waals surface area (Å²) in [7, 11) is 3.81. The molecular formula is C19H30FN7. The van der Waals surface area contributed by atoms with Crippen LogP contribution in [0, 0.1) is 5.82 Å². The van der Waals surface area contributed by atoms with E-state index in [0.29, 0.717) is 18.8 Å². The fraction of sp³-hybridized carbons (Fsp3) is 0.526. The number of nitrogens with one attached hydrogen (secondary N) is 1. The van der Waals surface area contributed by atoms with Crippen LogP contribution in [-0.4, -0.2) is 52.3 Å². The molecule has 0 aliphatic heterocycles. The second kappa shape index (κ2) is 9.89. The zero-order valence-corrected chi connectivity index (χ0v) is 16.9. The normalized spacial score (nSPS) is 11.6. The third kappa shape index (κ3) is 5.42. The summed E-state index contributed by atoms with van der Waals surface area (Å²) in [6.07, 6.45) is 1.54. The first kappa shape index (κ1) is 20.7. The Morgan fingerprint density at radius 1 is 1.26 bits per heavy atom. The van der Waals surface area contributed by atoms with E-state index >= 15 is 0 Å². The summed E-state index contributed by atoms with van der Waals surface area (Å²) in [5, 5.41) is 7.35. The van der Waals surface area contributed by atoms with Crippen molar-refractivity contribution in [3.63, 3.8) is 0 Å². The van der Waals surface area contributed by atoms with Crippen molar-refractivity contribution in [2.75, 3.05) is 31.6 Å². The van der Waals surface area contributed by atoms with Crippen LogP contribution in [0.5, 0.6) is 0 Å². The lowest BCUT2D eigenvalue weighted by molar-refractivity contribution is 0.448. The maximum atomic E-state index is 14.5. The number of halogens is 1. The van der Waals surface area contributed by atoms with Crippen molar-refractivity contribution in [1.82, 2.24) is 25.0 Å². The van der Waals surface area contributed by atoms with Crippen LogP contribution in [0.1, 0.15) is 32.2 Å². The van der Waals surface area contributed by atoms with Gasteiger partial charge in [-0.2, -0.15) is 5.10 Å². The van der Waals surface area contributed by atoms with Crippen LogP contribution in [0.3, 0.4) is 0 Å². The second-order valence-corrected chi connectivity index (χ2v) is 6.28. The van der Waals surface area contributed by atoms with E-state index in [9.17, 15) is 4.39 Å². The predicted molar refractivity (Wildman–Crippen MR) is 107 cm³/mol. The summed E-state index contributed by atoms with van der Waals surface area (Å²) in [5.41, 5.74) is 1.48. The topological polar surface area (TPSA) is 61.6 Å². The van der Waals surface area contributed by atoms with Gasteiger partial charge in [0.1, 0.15) is 18.0 Å². The molecule has 0 saturated heterocycles. The molecule has 0 spiro atoms. The molecule has 7 nitrogen and oxygen atoms in total. The Labute approximate surface area is 160 Å². The number of aliphatic imine (C=N–C) groups is 1. The Kier molecular flexibility index (Phi) is 7.57. The van der Waals surface area contributed by atoms with Gasteiger partial charge in [0.2, 0.25) is 0 Å². The Hall–Kier alpha value is -2.64. The highest BCUT2D eigenvalue weighted by molar-refractivity contribution is 5.79. The molecule has 0 aliphatic rings. The molecule has 148 valence electrons. The summed E-state index contributed by atoms with van der Waals surface area (Å²) in [6, 6.07) is 5.35. The Morgan fingerprint density at radius 3 is 2.56 bits per heavy atom. The molecule has 0 atom stereocenters. The van der Waals surface area contributed by atoms with Crippen molar-refractivity contribution >= 4 is 11.6 Å². The Balaban J connectivity index is 2.11. The number of anilines is 1. The van der Waals surface area contributed by atoms with Gasteiger partial charge in [0.05, 0.1) is 18.8 Å². The molecule has 0 radical (unpaired) electrons. The average molecular weight is 375 g/mol. The van der Waals surface area contributed by atoms with Crippen molar-refractivity contribution in [3.8, 4) is 0 Å². The third-order valence-electron chi connectivity index (χ3n) is 4.41. The number of nitrogens with zero attached hydrogens (tertiary/aromatic N) is 6. The third-order valence-corrected chi connectivity index (χ3v) is 4.41. The van der Waals surface area contributed by atoms with Crippen LogP contribution in [0.2, 0.25) is 0 Å². The maximum Gasteiger partial charge on any atom is 0.194 e. The molecular weight excluding hydrogens is 345 g/mol. The van der Waals surface area contributed by atoms with Crippen molar-refractivity contribution in [3.05, 3.63) is 41.7 Å². The number of rotatable bonds is 8. The molecule has 2 rings (SSSR count). The van der Waals surface area contributed by atoms with E-state index in [2.05, 4.69) is 20.4 Å². The van der Waals surface area contributed by atoms with Gasteiger partial charge in [-0.25, -0.2) is 14.4 Å². The molecule has 0 unspecified atom stereocenters. The standard InChI is InChI=1S/C19H30FN7/c1-6-21-19(25(4)13-18-23-14-24-26(18)5)22-12-15-9-10-17(16(20)11-15)27(7-2)8-3/h9-11,14H,6-8,12-13H2,1-5H3,(H,21,22). The first-order valence-electron chi connectivity index (χ1n) is 9.35. The van der Waals surface area contributed by atoms with Crippen LogP contribution in [-0.2, 0) is 20.1 Å². The monoisotopic (exact) mass is 375 g/mol. The smallest absolute Gasteiger partial charge is 0.194 e.